The van der Waals surface area contributed by atoms with Gasteiger partial charge in [-0.15, -0.1) is 0 Å². The van der Waals surface area contributed by atoms with Crippen molar-refractivity contribution < 1.29 is 17.9 Å². The van der Waals surface area contributed by atoms with Crippen LogP contribution >= 0.6 is 0 Å². The van der Waals surface area contributed by atoms with Gasteiger partial charge < -0.3 is 10.5 Å². The monoisotopic (exact) mass is 287 g/mol. The van der Waals surface area contributed by atoms with Crippen LogP contribution in [0.3, 0.4) is 0 Å². The molecule has 0 bridgehead atoms. The molecule has 1 saturated carbocycles. The minimum absolute atomic E-state index is 0.101. The number of ether oxygens (including phenoxy) is 1. The quantitative estimate of drug-likeness (QED) is 0.893. The Morgan fingerprint density at radius 3 is 2.45 bits per heavy atom. The Balaban J connectivity index is 2.23. The molecule has 1 aliphatic carbocycles. The van der Waals surface area contributed by atoms with E-state index in [4.69, 9.17) is 10.5 Å². The summed E-state index contributed by atoms with van der Waals surface area (Å²) >= 11 is 0. The van der Waals surface area contributed by atoms with Gasteiger partial charge in [-0.25, -0.2) is 0 Å². The van der Waals surface area contributed by atoms with Crippen LogP contribution in [0.2, 0.25) is 0 Å². The summed E-state index contributed by atoms with van der Waals surface area (Å²) in [7, 11) is 0. The summed E-state index contributed by atoms with van der Waals surface area (Å²) < 4.78 is 43.7. The molecule has 2 atom stereocenters. The number of rotatable bonds is 5. The van der Waals surface area contributed by atoms with Crippen LogP contribution in [0.25, 0.3) is 0 Å². The summed E-state index contributed by atoms with van der Waals surface area (Å²) in [6.45, 7) is 4.14. The van der Waals surface area contributed by atoms with Gasteiger partial charge in [0, 0.05) is 6.61 Å². The number of benzene rings is 1. The average molecular weight is 287 g/mol. The van der Waals surface area contributed by atoms with E-state index in [9.17, 15) is 13.2 Å². The Morgan fingerprint density at radius 2 is 2.00 bits per heavy atom. The van der Waals surface area contributed by atoms with Crippen LogP contribution in [-0.2, 0) is 10.9 Å². The van der Waals surface area contributed by atoms with E-state index in [1.54, 1.807) is 6.92 Å². The van der Waals surface area contributed by atoms with Crippen molar-refractivity contribution in [2.24, 2.45) is 11.7 Å². The lowest BCUT2D eigenvalue weighted by Gasteiger charge is -2.25. The van der Waals surface area contributed by atoms with Crippen molar-refractivity contribution in [1.82, 2.24) is 0 Å². The highest BCUT2D eigenvalue weighted by molar-refractivity contribution is 5.35. The second-order valence-corrected chi connectivity index (χ2v) is 5.35. The SMILES string of the molecule is CCOC(C1CC1)C(N)c1ccc(C(F)(F)F)cc1C. The van der Waals surface area contributed by atoms with E-state index < -0.39 is 11.7 Å². The molecule has 112 valence electrons. The smallest absolute Gasteiger partial charge is 0.376 e. The van der Waals surface area contributed by atoms with Crippen LogP contribution in [0.15, 0.2) is 18.2 Å². The van der Waals surface area contributed by atoms with Gasteiger partial charge in [0.1, 0.15) is 0 Å². The van der Waals surface area contributed by atoms with Gasteiger partial charge in [-0.1, -0.05) is 6.07 Å². The average Bonchev–Trinajstić information content (AvgIpc) is 3.18. The minimum Gasteiger partial charge on any atom is -0.376 e. The number of hydrogen-bond donors (Lipinski definition) is 1. The number of halogens is 3. The molecule has 1 aliphatic rings. The lowest BCUT2D eigenvalue weighted by Crippen LogP contribution is -2.31. The number of aryl methyl sites for hydroxylation is 1. The van der Waals surface area contributed by atoms with Gasteiger partial charge >= 0.3 is 6.18 Å². The zero-order chi connectivity index (χ0) is 14.9. The Labute approximate surface area is 117 Å². The maximum Gasteiger partial charge on any atom is 0.416 e. The predicted octanol–water partition coefficient (Wildman–Crippen LogP) is 3.83. The maximum atomic E-state index is 12.7. The molecule has 5 heteroatoms. The van der Waals surface area contributed by atoms with Crippen LogP contribution in [0.5, 0.6) is 0 Å². The van der Waals surface area contributed by atoms with Gasteiger partial charge in [0.25, 0.3) is 0 Å². The first-order chi connectivity index (χ1) is 9.34. The third kappa shape index (κ3) is 3.33. The van der Waals surface area contributed by atoms with E-state index in [2.05, 4.69) is 0 Å². The van der Waals surface area contributed by atoms with Crippen molar-refractivity contribution in [1.29, 1.82) is 0 Å². The molecular formula is C15H20F3NO. The summed E-state index contributed by atoms with van der Waals surface area (Å²) in [5, 5.41) is 0. The first-order valence-corrected chi connectivity index (χ1v) is 6.89. The third-order valence-electron chi connectivity index (χ3n) is 3.76. The van der Waals surface area contributed by atoms with E-state index in [0.717, 1.165) is 30.5 Å². The second-order valence-electron chi connectivity index (χ2n) is 5.35. The van der Waals surface area contributed by atoms with Crippen LogP contribution in [-0.4, -0.2) is 12.7 Å². The normalized spacial score (nSPS) is 18.9. The highest BCUT2D eigenvalue weighted by atomic mass is 19.4. The molecule has 1 fully saturated rings. The molecule has 0 aliphatic heterocycles. The van der Waals surface area contributed by atoms with Crippen LogP contribution in [0.4, 0.5) is 13.2 Å². The minimum atomic E-state index is -4.32. The first kappa shape index (κ1) is 15.3. The topological polar surface area (TPSA) is 35.2 Å². The molecule has 2 unspecified atom stereocenters. The van der Waals surface area contributed by atoms with Gasteiger partial charge in [0.2, 0.25) is 0 Å². The van der Waals surface area contributed by atoms with Crippen LogP contribution in [0, 0.1) is 12.8 Å². The fraction of sp³-hybridized carbons (Fsp3) is 0.600. The summed E-state index contributed by atoms with van der Waals surface area (Å²) in [6, 6.07) is 3.37. The molecule has 2 rings (SSSR count). The lowest BCUT2D eigenvalue weighted by atomic mass is 9.93. The Hall–Kier alpha value is -1.07. The van der Waals surface area contributed by atoms with Crippen molar-refractivity contribution in [2.45, 2.75) is 45.0 Å². The summed E-state index contributed by atoms with van der Waals surface area (Å²) in [6.07, 6.45) is -2.25. The molecule has 1 aromatic rings. The summed E-state index contributed by atoms with van der Waals surface area (Å²) in [5.74, 6) is 0.437. The van der Waals surface area contributed by atoms with Crippen molar-refractivity contribution in [2.75, 3.05) is 6.61 Å². The molecule has 0 radical (unpaired) electrons. The fourth-order valence-electron chi connectivity index (χ4n) is 2.55. The van der Waals surface area contributed by atoms with Gasteiger partial charge in [-0.05, 0) is 55.9 Å². The number of hydrogen-bond acceptors (Lipinski definition) is 2. The van der Waals surface area contributed by atoms with Gasteiger partial charge in [-0.2, -0.15) is 13.2 Å². The van der Waals surface area contributed by atoms with E-state index in [1.165, 1.54) is 6.07 Å². The first-order valence-electron chi connectivity index (χ1n) is 6.89. The maximum absolute atomic E-state index is 12.7. The molecule has 20 heavy (non-hydrogen) atoms. The molecule has 0 amide bonds. The van der Waals surface area contributed by atoms with Crippen molar-refractivity contribution in [3.63, 3.8) is 0 Å². The standard InChI is InChI=1S/C15H20F3NO/c1-3-20-14(10-4-5-10)13(19)12-7-6-11(8-9(12)2)15(16,17)18/h6-8,10,13-14H,3-5,19H2,1-2H3. The number of alkyl halides is 3. The summed E-state index contributed by atoms with van der Waals surface area (Å²) in [4.78, 5) is 0. The lowest BCUT2D eigenvalue weighted by molar-refractivity contribution is -0.137. The van der Waals surface area contributed by atoms with E-state index >= 15 is 0 Å². The Kier molecular flexibility index (Phi) is 4.39. The van der Waals surface area contributed by atoms with Gasteiger partial charge in [-0.3, -0.25) is 0 Å². The van der Waals surface area contributed by atoms with E-state index in [0.29, 0.717) is 18.1 Å². The van der Waals surface area contributed by atoms with Gasteiger partial charge in [0.15, 0.2) is 0 Å². The molecule has 0 spiro atoms. The van der Waals surface area contributed by atoms with Crippen molar-refractivity contribution in [3.05, 3.63) is 34.9 Å². The molecule has 0 saturated heterocycles. The van der Waals surface area contributed by atoms with Gasteiger partial charge in [0.05, 0.1) is 17.7 Å². The largest absolute Gasteiger partial charge is 0.416 e. The Bertz CT molecular complexity index is 469. The highest BCUT2D eigenvalue weighted by Crippen LogP contribution is 2.40. The fourth-order valence-corrected chi connectivity index (χ4v) is 2.55. The highest BCUT2D eigenvalue weighted by Gasteiger charge is 2.37. The summed E-state index contributed by atoms with van der Waals surface area (Å²) in [5.41, 5.74) is 6.89. The van der Waals surface area contributed by atoms with Crippen LogP contribution in [0.1, 0.15) is 42.5 Å². The van der Waals surface area contributed by atoms with E-state index in [-0.39, 0.29) is 12.1 Å². The van der Waals surface area contributed by atoms with Crippen LogP contribution < -0.4 is 5.73 Å². The Morgan fingerprint density at radius 1 is 1.35 bits per heavy atom. The van der Waals surface area contributed by atoms with Crippen molar-refractivity contribution in [3.8, 4) is 0 Å². The number of nitrogens with two attached hydrogens (primary N) is 1. The zero-order valence-electron chi connectivity index (χ0n) is 11.7. The molecule has 2 nitrogen and oxygen atoms in total. The molecule has 0 aromatic heterocycles. The molecular weight excluding hydrogens is 267 g/mol. The van der Waals surface area contributed by atoms with E-state index in [1.807, 2.05) is 6.92 Å². The molecule has 0 heterocycles. The zero-order valence-corrected chi connectivity index (χ0v) is 11.7. The second kappa shape index (κ2) is 5.74. The van der Waals surface area contributed by atoms with Crippen molar-refractivity contribution >= 4 is 0 Å². The molecule has 2 N–H and O–H groups in total. The third-order valence-corrected chi connectivity index (χ3v) is 3.76. The molecule has 1 aromatic carbocycles. The predicted molar refractivity (Wildman–Crippen MR) is 71.2 cm³/mol.